The molecule has 24 heteroatoms. The van der Waals surface area contributed by atoms with Crippen molar-refractivity contribution in [3.05, 3.63) is 23.8 Å². The fraction of sp³-hybridized carbons (Fsp3) is 0.800. The molecular weight excluding hydrogens is 862 g/mol. The van der Waals surface area contributed by atoms with E-state index in [1.807, 2.05) is 0 Å². The molecular formula is C30H29BrF18O5. The van der Waals surface area contributed by atoms with Gasteiger partial charge in [0, 0.05) is 16.7 Å². The van der Waals surface area contributed by atoms with E-state index >= 15 is 4.39 Å². The van der Waals surface area contributed by atoms with E-state index in [1.165, 1.54) is 12.2 Å². The van der Waals surface area contributed by atoms with Crippen LogP contribution in [0.5, 0.6) is 0 Å². The van der Waals surface area contributed by atoms with Gasteiger partial charge in [-0.2, -0.15) is 74.6 Å². The molecule has 0 bridgehead atoms. The number of alkyl halides is 19. The lowest BCUT2D eigenvalue weighted by atomic mass is 9.44. The third-order valence-electron chi connectivity index (χ3n) is 11.5. The van der Waals surface area contributed by atoms with Crippen LogP contribution in [0.15, 0.2) is 23.8 Å². The minimum atomic E-state index is -8.58. The predicted molar refractivity (Wildman–Crippen MR) is 150 cm³/mol. The summed E-state index contributed by atoms with van der Waals surface area (Å²) >= 11 is 0.360. The van der Waals surface area contributed by atoms with Crippen LogP contribution in [0.2, 0.25) is 0 Å². The minimum Gasteiger partial charge on any atom is -0.390 e. The molecule has 5 nitrogen and oxygen atoms in total. The quantitative estimate of drug-likeness (QED) is 0.169. The number of allylic oxidation sites excluding steroid dienone is 4. The van der Waals surface area contributed by atoms with Crippen molar-refractivity contribution in [2.75, 3.05) is 6.61 Å². The second-order valence-corrected chi connectivity index (χ2v) is 15.2. The molecule has 0 aromatic heterocycles. The minimum absolute atomic E-state index is 0.0676. The number of Topliss-reactive ketones (excluding diaryl/α,β-unsaturated/α-hetero) is 1. The van der Waals surface area contributed by atoms with Crippen LogP contribution in [-0.2, 0) is 9.59 Å². The van der Waals surface area contributed by atoms with Crippen molar-refractivity contribution in [1.29, 1.82) is 0 Å². The van der Waals surface area contributed by atoms with Gasteiger partial charge in [-0.1, -0.05) is 25.5 Å². The fourth-order valence-corrected chi connectivity index (χ4v) is 8.65. The Balaban J connectivity index is 0.000000292. The average molecular weight is 891 g/mol. The molecule has 0 aliphatic heterocycles. The number of aliphatic hydroxyl groups excluding tert-OH is 2. The van der Waals surface area contributed by atoms with Gasteiger partial charge >= 0.3 is 46.5 Å². The highest BCUT2D eigenvalue weighted by atomic mass is 79.9. The lowest BCUT2D eigenvalue weighted by molar-refractivity contribution is -0.457. The van der Waals surface area contributed by atoms with Gasteiger partial charge in [0.05, 0.1) is 6.10 Å². The van der Waals surface area contributed by atoms with Gasteiger partial charge in [-0.05, 0) is 72.5 Å². The van der Waals surface area contributed by atoms with E-state index in [0.29, 0.717) is 40.8 Å². The Morgan fingerprint density at radius 1 is 0.815 bits per heavy atom. The second kappa shape index (κ2) is 13.0. The molecule has 4 rings (SSSR count). The molecule has 0 saturated heterocycles. The Morgan fingerprint density at radius 2 is 1.26 bits per heavy atom. The summed E-state index contributed by atoms with van der Waals surface area (Å²) in [4.78, 5) is 17.9. The lowest BCUT2D eigenvalue weighted by Crippen LogP contribution is -2.74. The van der Waals surface area contributed by atoms with Crippen molar-refractivity contribution in [3.63, 3.8) is 0 Å². The SMILES string of the molecule is C[C@@H]1C[C@H]2[C@@H]3CCC4=CC(=O)C=C[C@]4(C)[C@@]3(F)[C@@H](O)C[C@]2(C)[C@@]1(O)C(=O)CO.FC(F)(F)C(F)(F)C(F)(F)C(F)(F)C(F)(F)C(F)(F)C(F)(F)C(F)(F)Br. The van der Waals surface area contributed by atoms with Gasteiger partial charge in [0.2, 0.25) is 0 Å². The topological polar surface area (TPSA) is 94.8 Å². The first-order chi connectivity index (χ1) is 23.7. The molecule has 0 aromatic carbocycles. The largest absolute Gasteiger partial charge is 0.460 e. The zero-order valence-electron chi connectivity index (χ0n) is 27.4. The number of hydrogen-bond acceptors (Lipinski definition) is 5. The second-order valence-electron chi connectivity index (χ2n) is 14.2. The zero-order chi connectivity index (χ0) is 42.7. The first-order valence-corrected chi connectivity index (χ1v) is 16.1. The molecule has 3 fully saturated rings. The molecule has 0 spiro atoms. The first-order valence-electron chi connectivity index (χ1n) is 15.3. The van der Waals surface area contributed by atoms with E-state index in [1.54, 1.807) is 26.8 Å². The number of aliphatic hydroxyl groups is 3. The molecule has 0 amide bonds. The third-order valence-corrected chi connectivity index (χ3v) is 12.0. The molecule has 3 saturated carbocycles. The average Bonchev–Trinajstić information content (AvgIpc) is 3.21. The molecule has 0 unspecified atom stereocenters. The highest BCUT2D eigenvalue weighted by molar-refractivity contribution is 9.10. The number of fused-ring (bicyclic) bond motifs is 5. The number of carbonyl (C=O) groups excluding carboxylic acids is 2. The Kier molecular flexibility index (Phi) is 11.1. The molecule has 0 radical (unpaired) electrons. The smallest absolute Gasteiger partial charge is 0.390 e. The van der Waals surface area contributed by atoms with Crippen molar-refractivity contribution in [3.8, 4) is 0 Å². The molecule has 0 aromatic rings. The van der Waals surface area contributed by atoms with Crippen LogP contribution in [0.25, 0.3) is 0 Å². The summed E-state index contributed by atoms with van der Waals surface area (Å²) in [6.07, 6.45) is -3.30. The lowest BCUT2D eigenvalue weighted by Gasteiger charge is -2.62. The predicted octanol–water partition coefficient (Wildman–Crippen LogP) is 8.24. The third kappa shape index (κ3) is 5.69. The molecule has 3 N–H and O–H groups in total. The van der Waals surface area contributed by atoms with E-state index in [2.05, 4.69) is 0 Å². The van der Waals surface area contributed by atoms with Gasteiger partial charge in [-0.15, -0.1) is 0 Å². The molecule has 312 valence electrons. The van der Waals surface area contributed by atoms with Crippen LogP contribution in [0.4, 0.5) is 79.0 Å². The van der Waals surface area contributed by atoms with Gasteiger partial charge < -0.3 is 15.3 Å². The van der Waals surface area contributed by atoms with Crippen molar-refractivity contribution in [1.82, 2.24) is 0 Å². The molecule has 4 aliphatic rings. The fourth-order valence-electron chi connectivity index (χ4n) is 8.41. The Morgan fingerprint density at radius 3 is 1.69 bits per heavy atom. The normalized spacial score (nSPS) is 35.4. The van der Waals surface area contributed by atoms with E-state index in [4.69, 9.17) is 0 Å². The first kappa shape index (κ1) is 46.3. The summed E-state index contributed by atoms with van der Waals surface area (Å²) in [6, 6.07) is 0. The zero-order valence-corrected chi connectivity index (χ0v) is 29.0. The highest BCUT2D eigenvalue weighted by Crippen LogP contribution is 2.71. The maximum atomic E-state index is 16.9. The number of hydrogen-bond donors (Lipinski definition) is 3. The van der Waals surface area contributed by atoms with Crippen LogP contribution in [-0.4, -0.2) is 97.4 Å². The Bertz CT molecular complexity index is 1530. The van der Waals surface area contributed by atoms with E-state index in [0.717, 1.165) is 0 Å². The van der Waals surface area contributed by atoms with Crippen molar-refractivity contribution in [2.45, 2.75) is 110 Å². The van der Waals surface area contributed by atoms with Gasteiger partial charge in [-0.3, -0.25) is 9.59 Å². The Hall–Kier alpha value is -2.08. The van der Waals surface area contributed by atoms with Crippen LogP contribution >= 0.6 is 15.9 Å². The van der Waals surface area contributed by atoms with Gasteiger partial charge in [0.1, 0.15) is 12.2 Å². The summed E-state index contributed by atoms with van der Waals surface area (Å²) in [5.41, 5.74) is -5.17. The molecule has 54 heavy (non-hydrogen) atoms. The molecule has 0 heterocycles. The van der Waals surface area contributed by atoms with Crippen LogP contribution in [0.1, 0.15) is 46.5 Å². The standard InChI is InChI=1S/C22H29FO5.C8BrF17/c1-12-8-16-15-5-4-13-9-14(25)6-7-19(13,2)21(15,23)17(26)10-20(16,3)22(12,28)18(27)11-24;9-7(22,23)5(18,19)3(14,15)1(10,11)2(12,13)4(16,17)6(20,21)8(24,25)26/h6-7,9,12,15-17,24,26,28H,4-5,8,10-11H2,1-3H3;/t12-,15+,16+,17+,19+,20+,21+,22+;/m1./s1. The van der Waals surface area contributed by atoms with Gasteiger partial charge in [0.25, 0.3) is 0 Å². The highest BCUT2D eigenvalue weighted by Gasteiger charge is 2.95. The summed E-state index contributed by atoms with van der Waals surface area (Å²) in [5.74, 6) is -51.7. The Labute approximate surface area is 300 Å². The maximum Gasteiger partial charge on any atom is 0.460 e. The summed E-state index contributed by atoms with van der Waals surface area (Å²) in [7, 11) is 0. The van der Waals surface area contributed by atoms with Gasteiger partial charge in [-0.25, -0.2) is 4.39 Å². The summed E-state index contributed by atoms with van der Waals surface area (Å²) < 4.78 is 229. The van der Waals surface area contributed by atoms with Crippen LogP contribution in [0.3, 0.4) is 0 Å². The van der Waals surface area contributed by atoms with Crippen molar-refractivity contribution < 1.29 is 104 Å². The summed E-state index contributed by atoms with van der Waals surface area (Å²) in [6.45, 7) is 4.48. The summed E-state index contributed by atoms with van der Waals surface area (Å²) in [5, 5.41) is 32.0. The number of carbonyl (C=O) groups is 2. The number of rotatable bonds is 8. The van der Waals surface area contributed by atoms with Crippen LogP contribution in [0, 0.1) is 28.6 Å². The molecule has 4 aliphatic carbocycles. The van der Waals surface area contributed by atoms with Gasteiger partial charge in [0.15, 0.2) is 17.2 Å². The number of ketones is 2. The molecule has 8 atom stereocenters. The number of halogens is 19. The maximum absolute atomic E-state index is 16.9. The van der Waals surface area contributed by atoms with Crippen molar-refractivity contribution >= 4 is 27.5 Å². The van der Waals surface area contributed by atoms with E-state index in [9.17, 15) is 99.5 Å². The van der Waals surface area contributed by atoms with Crippen LogP contribution < -0.4 is 0 Å². The van der Waals surface area contributed by atoms with E-state index in [-0.39, 0.29) is 18.1 Å². The van der Waals surface area contributed by atoms with Crippen molar-refractivity contribution in [2.24, 2.45) is 28.6 Å². The van der Waals surface area contributed by atoms with E-state index < -0.39 is 99.0 Å². The monoisotopic (exact) mass is 890 g/mol.